The van der Waals surface area contributed by atoms with Gasteiger partial charge in [0.1, 0.15) is 18.7 Å². The van der Waals surface area contributed by atoms with Crippen LogP contribution in [0.4, 0.5) is 0 Å². The highest BCUT2D eigenvalue weighted by molar-refractivity contribution is 6.23. The summed E-state index contributed by atoms with van der Waals surface area (Å²) in [4.78, 5) is 4.69. The lowest BCUT2D eigenvalue weighted by molar-refractivity contribution is -0.984. The number of hydrogen-bond donors (Lipinski definition) is 0. The molecule has 4 heterocycles. The van der Waals surface area contributed by atoms with Gasteiger partial charge in [0.15, 0.2) is 0 Å². The standard InChI is InChI=1S/C39H37N2O/c1-3-21-42-39(34-17-19-40-35-14-6-5-12-33(34)35)36-23-29-18-20-41(36,24-26(29)4-2)25-31-22-30-11-7-9-27-15-16-28-10-8-13-32(31)38(28)37(27)30/h3-17,19,22,26,29,36,39H,1-2,18,20-21,23-25H2/q+1/t26-,29-,36+,39-,41-/m0/s1. The van der Waals surface area contributed by atoms with Crippen molar-refractivity contribution in [1.29, 1.82) is 0 Å². The molecule has 3 saturated heterocycles. The summed E-state index contributed by atoms with van der Waals surface area (Å²) in [6, 6.07) is 31.7. The van der Waals surface area contributed by atoms with Gasteiger partial charge in [0.05, 0.1) is 25.2 Å². The van der Waals surface area contributed by atoms with Crippen LogP contribution in [0.25, 0.3) is 43.2 Å². The van der Waals surface area contributed by atoms with Crippen LogP contribution in [0.1, 0.15) is 30.1 Å². The molecule has 6 aromatic rings. The third kappa shape index (κ3) is 3.91. The van der Waals surface area contributed by atoms with Crippen LogP contribution >= 0.6 is 0 Å². The molecule has 208 valence electrons. The average molecular weight is 550 g/mol. The quantitative estimate of drug-likeness (QED) is 0.107. The summed E-state index contributed by atoms with van der Waals surface area (Å²) in [6.45, 7) is 12.1. The van der Waals surface area contributed by atoms with Gasteiger partial charge in [0.25, 0.3) is 0 Å². The predicted molar refractivity (Wildman–Crippen MR) is 175 cm³/mol. The first-order valence-electron chi connectivity index (χ1n) is 15.4. The molecular weight excluding hydrogens is 512 g/mol. The van der Waals surface area contributed by atoms with Gasteiger partial charge in [-0.2, -0.15) is 0 Å². The Labute approximate surface area is 247 Å². The van der Waals surface area contributed by atoms with Crippen molar-refractivity contribution in [2.24, 2.45) is 11.8 Å². The van der Waals surface area contributed by atoms with E-state index in [1.165, 1.54) is 55.3 Å². The van der Waals surface area contributed by atoms with Crippen LogP contribution in [0, 0.1) is 11.8 Å². The molecule has 0 saturated carbocycles. The Kier molecular flexibility index (Phi) is 6.13. The van der Waals surface area contributed by atoms with Crippen molar-refractivity contribution in [3.63, 3.8) is 0 Å². The zero-order chi connectivity index (χ0) is 28.3. The molecule has 3 heteroatoms. The molecule has 3 nitrogen and oxygen atoms in total. The van der Waals surface area contributed by atoms with Crippen LogP contribution < -0.4 is 0 Å². The number of aromatic nitrogens is 1. The zero-order valence-electron chi connectivity index (χ0n) is 24.1. The summed E-state index contributed by atoms with van der Waals surface area (Å²) < 4.78 is 7.83. The fraction of sp³-hybridized carbons (Fsp3) is 0.256. The van der Waals surface area contributed by atoms with E-state index in [0.29, 0.717) is 24.5 Å². The molecule has 0 N–H and O–H groups in total. The first-order valence-corrected chi connectivity index (χ1v) is 15.4. The van der Waals surface area contributed by atoms with E-state index in [1.807, 2.05) is 12.3 Å². The number of rotatable bonds is 8. The van der Waals surface area contributed by atoms with Crippen LogP contribution in [0.3, 0.4) is 0 Å². The van der Waals surface area contributed by atoms with Gasteiger partial charge >= 0.3 is 0 Å². The summed E-state index contributed by atoms with van der Waals surface area (Å²) in [5.41, 5.74) is 3.73. The van der Waals surface area contributed by atoms with E-state index in [4.69, 9.17) is 9.72 Å². The van der Waals surface area contributed by atoms with Gasteiger partial charge in [-0.1, -0.05) is 78.9 Å². The van der Waals surface area contributed by atoms with E-state index in [0.717, 1.165) is 36.1 Å². The first kappa shape index (κ1) is 25.6. The molecule has 3 aliphatic heterocycles. The molecule has 3 aliphatic rings. The predicted octanol–water partition coefficient (Wildman–Crippen LogP) is 8.99. The summed E-state index contributed by atoms with van der Waals surface area (Å²) in [5, 5.41) is 9.37. The van der Waals surface area contributed by atoms with E-state index in [1.54, 1.807) is 0 Å². The van der Waals surface area contributed by atoms with Gasteiger partial charge in [-0.15, -0.1) is 13.2 Å². The summed E-state index contributed by atoms with van der Waals surface area (Å²) in [7, 11) is 0. The molecule has 42 heavy (non-hydrogen) atoms. The molecule has 0 unspecified atom stereocenters. The van der Waals surface area contributed by atoms with Crippen LogP contribution in [-0.4, -0.2) is 35.2 Å². The Hall–Kier alpha value is -4.05. The minimum Gasteiger partial charge on any atom is -0.363 e. The Bertz CT molecular complexity index is 1950. The van der Waals surface area contributed by atoms with Crippen LogP contribution in [0.5, 0.6) is 0 Å². The summed E-state index contributed by atoms with van der Waals surface area (Å²) in [5.74, 6) is 1.17. The molecule has 0 radical (unpaired) electrons. The molecule has 5 aromatic carbocycles. The lowest BCUT2D eigenvalue weighted by Crippen LogP contribution is -2.67. The molecule has 0 spiro atoms. The highest BCUT2D eigenvalue weighted by Gasteiger charge is 2.54. The molecule has 2 bridgehead atoms. The van der Waals surface area contributed by atoms with Crippen LogP contribution in [0.15, 0.2) is 116 Å². The normalized spacial score (nSPS) is 24.5. The lowest BCUT2D eigenvalue weighted by atomic mass is 9.71. The maximum absolute atomic E-state index is 6.81. The minimum atomic E-state index is -0.0415. The number of pyridine rings is 1. The number of fused-ring (bicyclic) bond motifs is 4. The highest BCUT2D eigenvalue weighted by atomic mass is 16.5. The fourth-order valence-corrected chi connectivity index (χ4v) is 8.62. The number of nitrogens with zero attached hydrogens (tertiary/aromatic N) is 2. The van der Waals surface area contributed by atoms with E-state index in [9.17, 15) is 0 Å². The maximum Gasteiger partial charge on any atom is 0.135 e. The first-order chi connectivity index (χ1) is 20.7. The summed E-state index contributed by atoms with van der Waals surface area (Å²) >= 11 is 0. The zero-order valence-corrected chi connectivity index (χ0v) is 24.1. The number of quaternary nitrogens is 1. The molecular formula is C39H37N2O+. The van der Waals surface area contributed by atoms with Crippen molar-refractivity contribution in [2.45, 2.75) is 31.5 Å². The molecule has 0 aliphatic carbocycles. The Morgan fingerprint density at radius 2 is 1.67 bits per heavy atom. The average Bonchev–Trinajstić information content (AvgIpc) is 3.04. The Balaban J connectivity index is 1.31. The third-order valence-electron chi connectivity index (χ3n) is 10.5. The topological polar surface area (TPSA) is 22.1 Å². The molecule has 5 atom stereocenters. The van der Waals surface area contributed by atoms with E-state index in [-0.39, 0.29) is 6.10 Å². The van der Waals surface area contributed by atoms with Gasteiger partial charge in [0.2, 0.25) is 0 Å². The van der Waals surface area contributed by atoms with E-state index >= 15 is 0 Å². The number of piperidine rings is 3. The van der Waals surface area contributed by atoms with Crippen molar-refractivity contribution >= 4 is 43.2 Å². The highest BCUT2D eigenvalue weighted by Crippen LogP contribution is 2.50. The van der Waals surface area contributed by atoms with E-state index < -0.39 is 0 Å². The van der Waals surface area contributed by atoms with Gasteiger partial charge in [-0.25, -0.2) is 0 Å². The molecule has 1 aromatic heterocycles. The smallest absolute Gasteiger partial charge is 0.135 e. The van der Waals surface area contributed by atoms with Crippen LogP contribution in [0.2, 0.25) is 0 Å². The number of para-hydroxylation sites is 1. The number of ether oxygens (including phenoxy) is 1. The summed E-state index contributed by atoms with van der Waals surface area (Å²) in [6.07, 6.45) is 8.42. The number of hydrogen-bond acceptors (Lipinski definition) is 2. The molecule has 3 fully saturated rings. The largest absolute Gasteiger partial charge is 0.363 e. The van der Waals surface area contributed by atoms with Crippen molar-refractivity contribution in [3.05, 3.63) is 128 Å². The van der Waals surface area contributed by atoms with Crippen molar-refractivity contribution < 1.29 is 9.22 Å². The minimum absolute atomic E-state index is 0.0415. The van der Waals surface area contributed by atoms with Gasteiger partial charge in [-0.05, 0) is 62.0 Å². The monoisotopic (exact) mass is 549 g/mol. The van der Waals surface area contributed by atoms with Gasteiger partial charge in [-0.3, -0.25) is 4.98 Å². The second-order valence-electron chi connectivity index (χ2n) is 12.6. The van der Waals surface area contributed by atoms with Crippen molar-refractivity contribution in [2.75, 3.05) is 19.7 Å². The molecule has 0 amide bonds. The second kappa shape index (κ2) is 10.0. The molecule has 9 rings (SSSR count). The second-order valence-corrected chi connectivity index (χ2v) is 12.6. The Morgan fingerprint density at radius 3 is 2.52 bits per heavy atom. The van der Waals surface area contributed by atoms with Crippen molar-refractivity contribution in [3.8, 4) is 0 Å². The lowest BCUT2D eigenvalue weighted by Gasteiger charge is -2.58. The Morgan fingerprint density at radius 1 is 0.881 bits per heavy atom. The van der Waals surface area contributed by atoms with Gasteiger partial charge in [0, 0.05) is 35.9 Å². The fourth-order valence-electron chi connectivity index (χ4n) is 8.62. The number of benzene rings is 5. The van der Waals surface area contributed by atoms with Gasteiger partial charge < -0.3 is 9.22 Å². The third-order valence-corrected chi connectivity index (χ3v) is 10.5. The van der Waals surface area contributed by atoms with E-state index in [2.05, 4.69) is 104 Å². The van der Waals surface area contributed by atoms with Crippen molar-refractivity contribution in [1.82, 2.24) is 4.98 Å². The SMILES string of the molecule is C=CCO[C@@H](c1ccnc2ccccc12)[C@H]1C[C@@H]2CC[N@@+]1(Cc1cc3cccc4ccc5cccc1c5c43)C[C@@H]2C=C. The van der Waals surface area contributed by atoms with Crippen LogP contribution in [-0.2, 0) is 11.3 Å². The maximum atomic E-state index is 6.81.